The number of aryl methyl sites for hydroxylation is 1. The zero-order chi connectivity index (χ0) is 37.8. The number of nitrogens with zero attached hydrogens (tertiary/aromatic N) is 4. The molecule has 1 aliphatic rings. The summed E-state index contributed by atoms with van der Waals surface area (Å²) in [5.41, 5.74) is 6.59. The largest absolute Gasteiger partial charge is 0.493 e. The molecular formula is C44H42N4O4S2. The smallest absolute Gasteiger partial charge is 0.338 e. The molecule has 0 bridgehead atoms. The van der Waals surface area contributed by atoms with Crippen molar-refractivity contribution >= 4 is 35.1 Å². The number of benzene rings is 4. The van der Waals surface area contributed by atoms with Crippen LogP contribution in [-0.2, 0) is 16.1 Å². The van der Waals surface area contributed by atoms with E-state index < -0.39 is 12.0 Å². The molecule has 274 valence electrons. The van der Waals surface area contributed by atoms with Crippen molar-refractivity contribution < 1.29 is 14.3 Å². The number of rotatable bonds is 12. The van der Waals surface area contributed by atoms with Crippen molar-refractivity contribution in [2.75, 3.05) is 12.9 Å². The van der Waals surface area contributed by atoms with E-state index in [1.807, 2.05) is 127 Å². The van der Waals surface area contributed by atoms with Gasteiger partial charge in [-0.1, -0.05) is 85.8 Å². The molecule has 0 fully saturated rings. The van der Waals surface area contributed by atoms with Gasteiger partial charge >= 0.3 is 5.97 Å². The highest BCUT2D eigenvalue weighted by molar-refractivity contribution is 7.98. The Morgan fingerprint density at radius 2 is 1.69 bits per heavy atom. The molecular weight excluding hydrogens is 713 g/mol. The molecule has 2 aromatic heterocycles. The molecule has 0 saturated heterocycles. The van der Waals surface area contributed by atoms with Crippen LogP contribution in [0.5, 0.6) is 5.75 Å². The molecule has 4 aromatic carbocycles. The minimum atomic E-state index is -0.722. The highest BCUT2D eigenvalue weighted by atomic mass is 32.2. The van der Waals surface area contributed by atoms with Crippen molar-refractivity contribution in [2.24, 2.45) is 10.9 Å². The lowest BCUT2D eigenvalue weighted by Gasteiger charge is -2.25. The standard InChI is InChI=1S/C44H42N4O4S2/c1-28(2)22-23-51-37-21-18-33(24-29(37)3)40-34(26-47(46-40)35-14-10-7-11-15-35)25-38-42(49)48-41(32-16-19-36(53-5)20-17-32)39(30(4)45-44(48)54-38)43(50)52-27-31-12-8-6-9-13-31/h6-21,24-26,28,41H,22-23,27H2,1-5H3. The van der Waals surface area contributed by atoms with Gasteiger partial charge in [-0.2, -0.15) is 5.10 Å². The van der Waals surface area contributed by atoms with Crippen molar-refractivity contribution in [3.8, 4) is 22.7 Å². The first-order valence-corrected chi connectivity index (χ1v) is 20.0. The van der Waals surface area contributed by atoms with Gasteiger partial charge < -0.3 is 9.47 Å². The van der Waals surface area contributed by atoms with Crippen LogP contribution in [0.4, 0.5) is 0 Å². The third-order valence-corrected chi connectivity index (χ3v) is 11.1. The minimum Gasteiger partial charge on any atom is -0.493 e. The number of hydrogen-bond acceptors (Lipinski definition) is 8. The van der Waals surface area contributed by atoms with Gasteiger partial charge in [0, 0.05) is 22.2 Å². The fourth-order valence-corrected chi connectivity index (χ4v) is 7.87. The van der Waals surface area contributed by atoms with Gasteiger partial charge in [-0.15, -0.1) is 11.8 Å². The molecule has 0 N–H and O–H groups in total. The second-order valence-corrected chi connectivity index (χ2v) is 15.5. The highest BCUT2D eigenvalue weighted by Crippen LogP contribution is 2.33. The maximum Gasteiger partial charge on any atom is 0.338 e. The Hall–Kier alpha value is -5.45. The average molecular weight is 755 g/mol. The summed E-state index contributed by atoms with van der Waals surface area (Å²) >= 11 is 2.93. The van der Waals surface area contributed by atoms with Crippen LogP contribution in [0.2, 0.25) is 0 Å². The quantitative estimate of drug-likeness (QED) is 0.0924. The van der Waals surface area contributed by atoms with Crippen LogP contribution in [0.25, 0.3) is 23.0 Å². The second kappa shape index (κ2) is 16.3. The summed E-state index contributed by atoms with van der Waals surface area (Å²) in [5.74, 6) is 0.891. The lowest BCUT2D eigenvalue weighted by molar-refractivity contribution is -0.140. The Morgan fingerprint density at radius 3 is 2.37 bits per heavy atom. The first kappa shape index (κ1) is 36.9. The van der Waals surface area contributed by atoms with Crippen LogP contribution in [0.3, 0.4) is 0 Å². The monoisotopic (exact) mass is 754 g/mol. The number of thioether (sulfide) groups is 1. The molecule has 10 heteroatoms. The normalized spacial score (nSPS) is 14.3. The van der Waals surface area contributed by atoms with Gasteiger partial charge in [-0.05, 0) is 97.7 Å². The molecule has 0 amide bonds. The number of esters is 1. The fraction of sp³-hybridized carbons (Fsp3) is 0.227. The van der Waals surface area contributed by atoms with E-state index in [0.29, 0.717) is 33.1 Å². The summed E-state index contributed by atoms with van der Waals surface area (Å²) in [6.07, 6.45) is 6.82. The van der Waals surface area contributed by atoms with Gasteiger partial charge in [0.15, 0.2) is 4.80 Å². The summed E-state index contributed by atoms with van der Waals surface area (Å²) in [4.78, 5) is 34.9. The summed E-state index contributed by atoms with van der Waals surface area (Å²) in [6, 6.07) is 32.8. The number of allylic oxidation sites excluding steroid dienone is 1. The predicted molar refractivity (Wildman–Crippen MR) is 217 cm³/mol. The molecule has 1 atom stereocenters. The Bertz CT molecular complexity index is 2500. The van der Waals surface area contributed by atoms with Gasteiger partial charge in [-0.3, -0.25) is 9.36 Å². The predicted octanol–water partition coefficient (Wildman–Crippen LogP) is 8.29. The van der Waals surface area contributed by atoms with Crippen molar-refractivity contribution in [2.45, 2.75) is 51.7 Å². The van der Waals surface area contributed by atoms with E-state index in [2.05, 4.69) is 19.9 Å². The van der Waals surface area contributed by atoms with E-state index in [1.165, 1.54) is 11.3 Å². The number of carbonyl (C=O) groups is 1. The third kappa shape index (κ3) is 7.90. The van der Waals surface area contributed by atoms with Crippen LogP contribution >= 0.6 is 23.1 Å². The maximum absolute atomic E-state index is 14.6. The van der Waals surface area contributed by atoms with Gasteiger partial charge in [0.05, 0.1) is 34.1 Å². The second-order valence-electron chi connectivity index (χ2n) is 13.6. The number of aromatic nitrogens is 3. The summed E-state index contributed by atoms with van der Waals surface area (Å²) in [5, 5.41) is 5.03. The number of para-hydroxylation sites is 1. The van der Waals surface area contributed by atoms with Crippen LogP contribution in [0, 0.1) is 12.8 Å². The molecule has 6 aromatic rings. The Kier molecular flexibility index (Phi) is 11.1. The molecule has 0 spiro atoms. The SMILES string of the molecule is CSc1ccc(C2C(C(=O)OCc3ccccc3)=C(C)N=c3sc(=Cc4cn(-c5ccccc5)nc4-c4ccc(OCCC(C)C)c(C)c4)c(=O)n32)cc1. The van der Waals surface area contributed by atoms with Crippen molar-refractivity contribution in [1.82, 2.24) is 14.3 Å². The van der Waals surface area contributed by atoms with Gasteiger partial charge in [0.25, 0.3) is 5.56 Å². The topological polar surface area (TPSA) is 87.7 Å². The molecule has 0 aliphatic carbocycles. The minimum absolute atomic E-state index is 0.109. The fourth-order valence-electron chi connectivity index (χ4n) is 6.42. The first-order chi connectivity index (χ1) is 26.2. The first-order valence-electron chi connectivity index (χ1n) is 18.0. The van der Waals surface area contributed by atoms with E-state index >= 15 is 0 Å². The van der Waals surface area contributed by atoms with E-state index in [9.17, 15) is 9.59 Å². The summed E-state index contributed by atoms with van der Waals surface area (Å²) in [7, 11) is 0. The highest BCUT2D eigenvalue weighted by Gasteiger charge is 2.33. The van der Waals surface area contributed by atoms with E-state index in [4.69, 9.17) is 19.6 Å². The summed E-state index contributed by atoms with van der Waals surface area (Å²) < 4.78 is 15.9. The van der Waals surface area contributed by atoms with Crippen LogP contribution < -0.4 is 19.6 Å². The van der Waals surface area contributed by atoms with Gasteiger partial charge in [0.2, 0.25) is 0 Å². The number of carbonyl (C=O) groups excluding carboxylic acids is 1. The van der Waals surface area contributed by atoms with E-state index in [-0.39, 0.29) is 12.2 Å². The van der Waals surface area contributed by atoms with E-state index in [1.54, 1.807) is 23.3 Å². The van der Waals surface area contributed by atoms with Gasteiger partial charge in [0.1, 0.15) is 18.1 Å². The Labute approximate surface area is 323 Å². The van der Waals surface area contributed by atoms with Gasteiger partial charge in [-0.25, -0.2) is 14.5 Å². The molecule has 1 unspecified atom stereocenters. The third-order valence-electron chi connectivity index (χ3n) is 9.34. The zero-order valence-corrected chi connectivity index (χ0v) is 32.6. The maximum atomic E-state index is 14.6. The molecule has 7 rings (SSSR count). The lowest BCUT2D eigenvalue weighted by atomic mass is 9.96. The van der Waals surface area contributed by atoms with Crippen molar-refractivity contribution in [3.05, 3.63) is 163 Å². The average Bonchev–Trinajstić information content (AvgIpc) is 3.74. The lowest BCUT2D eigenvalue weighted by Crippen LogP contribution is -2.39. The molecule has 0 radical (unpaired) electrons. The molecule has 1 aliphatic heterocycles. The number of hydrogen-bond donors (Lipinski definition) is 0. The number of fused-ring (bicyclic) bond motifs is 1. The Balaban J connectivity index is 1.32. The molecule has 8 nitrogen and oxygen atoms in total. The van der Waals surface area contributed by atoms with Crippen LogP contribution in [-0.4, -0.2) is 33.2 Å². The summed E-state index contributed by atoms with van der Waals surface area (Å²) in [6.45, 7) is 8.98. The Morgan fingerprint density at radius 1 is 0.963 bits per heavy atom. The molecule has 54 heavy (non-hydrogen) atoms. The molecule has 0 saturated carbocycles. The molecule has 3 heterocycles. The van der Waals surface area contributed by atoms with Crippen molar-refractivity contribution in [3.63, 3.8) is 0 Å². The zero-order valence-electron chi connectivity index (χ0n) is 31.0. The number of thiazole rings is 1. The van der Waals surface area contributed by atoms with Crippen LogP contribution in [0.15, 0.2) is 135 Å². The van der Waals surface area contributed by atoms with Crippen LogP contribution in [0.1, 0.15) is 55.5 Å². The van der Waals surface area contributed by atoms with Crippen molar-refractivity contribution in [1.29, 1.82) is 0 Å². The number of ether oxygens (including phenoxy) is 2. The van der Waals surface area contributed by atoms with E-state index in [0.717, 1.165) is 56.3 Å².